The highest BCUT2D eigenvalue weighted by atomic mass is 16.6. The van der Waals surface area contributed by atoms with Crippen molar-refractivity contribution in [3.8, 4) is 0 Å². The molecule has 6 heteroatoms. The van der Waals surface area contributed by atoms with Gasteiger partial charge in [-0.15, -0.1) is 0 Å². The molecule has 0 aromatic carbocycles. The Hall–Kier alpha value is -1.30. The third-order valence-electron chi connectivity index (χ3n) is 4.35. The Morgan fingerprint density at radius 1 is 1.16 bits per heavy atom. The summed E-state index contributed by atoms with van der Waals surface area (Å²) < 4.78 is 5.29. The fourth-order valence-corrected chi connectivity index (χ4v) is 3.10. The molecular weight excluding hydrogens is 320 g/mol. The second-order valence-electron chi connectivity index (χ2n) is 8.58. The van der Waals surface area contributed by atoms with E-state index in [2.05, 4.69) is 10.6 Å². The van der Waals surface area contributed by atoms with Gasteiger partial charge < -0.3 is 20.5 Å². The van der Waals surface area contributed by atoms with E-state index in [9.17, 15) is 14.7 Å². The van der Waals surface area contributed by atoms with Crippen LogP contribution in [-0.2, 0) is 9.53 Å². The van der Waals surface area contributed by atoms with Gasteiger partial charge in [0.05, 0.1) is 6.04 Å². The van der Waals surface area contributed by atoms with Crippen LogP contribution < -0.4 is 10.6 Å². The average molecular weight is 357 g/mol. The van der Waals surface area contributed by atoms with Crippen molar-refractivity contribution in [3.63, 3.8) is 0 Å². The van der Waals surface area contributed by atoms with Crippen molar-refractivity contribution in [3.05, 3.63) is 0 Å². The molecule has 0 saturated heterocycles. The van der Waals surface area contributed by atoms with Crippen molar-refractivity contribution < 1.29 is 19.4 Å². The standard InChI is InChI=1S/C19H36N2O4/c1-13(2)12-20-17(23)16(22)15(11-14-9-7-6-8-10-14)21-18(24)25-19(3,4)5/h13-16,22H,6-12H2,1-5H3,(H,20,23)(H,21,24)/t15-,16?/m0/s1. The van der Waals surface area contributed by atoms with Crippen LogP contribution in [0, 0.1) is 11.8 Å². The van der Waals surface area contributed by atoms with Gasteiger partial charge in [-0.1, -0.05) is 46.0 Å². The lowest BCUT2D eigenvalue weighted by atomic mass is 9.83. The number of rotatable bonds is 7. The number of hydrogen-bond acceptors (Lipinski definition) is 4. The SMILES string of the molecule is CC(C)CNC(=O)C(O)[C@H](CC1CCCCC1)NC(=O)OC(C)(C)C. The lowest BCUT2D eigenvalue weighted by Gasteiger charge is -2.30. The van der Waals surface area contributed by atoms with E-state index in [1.54, 1.807) is 20.8 Å². The first-order valence-electron chi connectivity index (χ1n) is 9.53. The molecule has 0 aromatic rings. The summed E-state index contributed by atoms with van der Waals surface area (Å²) in [4.78, 5) is 24.4. The Morgan fingerprint density at radius 2 is 1.76 bits per heavy atom. The molecule has 1 fully saturated rings. The maximum atomic E-state index is 12.2. The van der Waals surface area contributed by atoms with Crippen LogP contribution >= 0.6 is 0 Å². The zero-order chi connectivity index (χ0) is 19.0. The van der Waals surface area contributed by atoms with Gasteiger partial charge in [0.2, 0.25) is 0 Å². The van der Waals surface area contributed by atoms with Gasteiger partial charge in [0, 0.05) is 6.54 Å². The molecular formula is C19H36N2O4. The van der Waals surface area contributed by atoms with Crippen molar-refractivity contribution in [2.45, 2.75) is 90.9 Å². The number of aliphatic hydroxyl groups excluding tert-OH is 1. The van der Waals surface area contributed by atoms with E-state index >= 15 is 0 Å². The number of alkyl carbamates (subject to hydrolysis) is 1. The Bertz CT molecular complexity index is 426. The molecule has 6 nitrogen and oxygen atoms in total. The predicted molar refractivity (Wildman–Crippen MR) is 98.2 cm³/mol. The zero-order valence-corrected chi connectivity index (χ0v) is 16.4. The number of hydrogen-bond donors (Lipinski definition) is 3. The molecule has 1 saturated carbocycles. The highest BCUT2D eigenvalue weighted by molar-refractivity contribution is 5.82. The summed E-state index contributed by atoms with van der Waals surface area (Å²) in [5.41, 5.74) is -0.621. The van der Waals surface area contributed by atoms with Gasteiger partial charge in [-0.3, -0.25) is 4.79 Å². The molecule has 1 aliphatic carbocycles. The van der Waals surface area contributed by atoms with Crippen LogP contribution in [0.15, 0.2) is 0 Å². The van der Waals surface area contributed by atoms with Gasteiger partial charge in [0.15, 0.2) is 6.10 Å². The molecule has 3 N–H and O–H groups in total. The molecule has 0 spiro atoms. The van der Waals surface area contributed by atoms with Crippen molar-refractivity contribution in [2.75, 3.05) is 6.54 Å². The van der Waals surface area contributed by atoms with Crippen molar-refractivity contribution >= 4 is 12.0 Å². The van der Waals surface area contributed by atoms with Gasteiger partial charge >= 0.3 is 6.09 Å². The normalized spacial score (nSPS) is 18.5. The van der Waals surface area contributed by atoms with Crippen LogP contribution in [0.4, 0.5) is 4.79 Å². The molecule has 25 heavy (non-hydrogen) atoms. The highest BCUT2D eigenvalue weighted by Gasteiger charge is 2.31. The summed E-state index contributed by atoms with van der Waals surface area (Å²) in [6.45, 7) is 9.84. The van der Waals surface area contributed by atoms with E-state index in [0.29, 0.717) is 24.8 Å². The molecule has 1 rings (SSSR count). The first-order valence-corrected chi connectivity index (χ1v) is 9.53. The number of carbonyl (C=O) groups excluding carboxylic acids is 2. The number of ether oxygens (including phenoxy) is 1. The van der Waals surface area contributed by atoms with E-state index in [0.717, 1.165) is 12.8 Å². The summed E-state index contributed by atoms with van der Waals surface area (Å²) in [5, 5.41) is 15.9. The van der Waals surface area contributed by atoms with Crippen molar-refractivity contribution in [2.24, 2.45) is 11.8 Å². The second-order valence-corrected chi connectivity index (χ2v) is 8.58. The molecule has 146 valence electrons. The van der Waals surface area contributed by atoms with Gasteiger partial charge in [0.25, 0.3) is 5.91 Å². The van der Waals surface area contributed by atoms with Crippen molar-refractivity contribution in [1.29, 1.82) is 0 Å². The Balaban J connectivity index is 2.71. The van der Waals surface area contributed by atoms with Crippen LogP contribution in [-0.4, -0.2) is 41.4 Å². The summed E-state index contributed by atoms with van der Waals surface area (Å²) in [6.07, 6.45) is 4.45. The fourth-order valence-electron chi connectivity index (χ4n) is 3.10. The highest BCUT2D eigenvalue weighted by Crippen LogP contribution is 2.28. The van der Waals surface area contributed by atoms with Gasteiger partial charge in [0.1, 0.15) is 5.60 Å². The predicted octanol–water partition coefficient (Wildman–Crippen LogP) is 2.98. The average Bonchev–Trinajstić information content (AvgIpc) is 2.50. The van der Waals surface area contributed by atoms with E-state index in [-0.39, 0.29) is 0 Å². The Kier molecular flexibility index (Phi) is 8.69. The van der Waals surface area contributed by atoms with Crippen LogP contribution in [0.3, 0.4) is 0 Å². The summed E-state index contributed by atoms with van der Waals surface area (Å²) in [7, 11) is 0. The minimum Gasteiger partial charge on any atom is -0.444 e. The smallest absolute Gasteiger partial charge is 0.407 e. The molecule has 2 amide bonds. The summed E-state index contributed by atoms with van der Waals surface area (Å²) in [5.74, 6) is 0.276. The largest absolute Gasteiger partial charge is 0.444 e. The minimum absolute atomic E-state index is 0.298. The first kappa shape index (κ1) is 21.7. The molecule has 1 unspecified atom stereocenters. The van der Waals surface area contributed by atoms with Crippen LogP contribution in [0.25, 0.3) is 0 Å². The fraction of sp³-hybridized carbons (Fsp3) is 0.895. The molecule has 1 aliphatic rings. The molecule has 0 aromatic heterocycles. The number of carbonyl (C=O) groups is 2. The number of aliphatic hydroxyl groups is 1. The third kappa shape index (κ3) is 9.10. The molecule has 0 bridgehead atoms. The second kappa shape index (κ2) is 10.00. The maximum Gasteiger partial charge on any atom is 0.407 e. The van der Waals surface area contributed by atoms with Crippen molar-refractivity contribution in [1.82, 2.24) is 10.6 Å². The van der Waals surface area contributed by atoms with Gasteiger partial charge in [-0.25, -0.2) is 4.79 Å². The minimum atomic E-state index is -1.27. The number of amides is 2. The lowest BCUT2D eigenvalue weighted by molar-refractivity contribution is -0.131. The third-order valence-corrected chi connectivity index (χ3v) is 4.35. The topological polar surface area (TPSA) is 87.7 Å². The van der Waals surface area contributed by atoms with Crippen LogP contribution in [0.5, 0.6) is 0 Å². The van der Waals surface area contributed by atoms with E-state index in [4.69, 9.17) is 4.74 Å². The number of nitrogens with one attached hydrogen (secondary N) is 2. The zero-order valence-electron chi connectivity index (χ0n) is 16.4. The van der Waals surface area contributed by atoms with Crippen LogP contribution in [0.2, 0.25) is 0 Å². The van der Waals surface area contributed by atoms with Gasteiger partial charge in [-0.2, -0.15) is 0 Å². The summed E-state index contributed by atoms with van der Waals surface area (Å²) >= 11 is 0. The molecule has 0 heterocycles. The van der Waals surface area contributed by atoms with Crippen LogP contribution in [0.1, 0.15) is 73.1 Å². The quantitative estimate of drug-likeness (QED) is 0.654. The van der Waals surface area contributed by atoms with E-state index in [1.807, 2.05) is 13.8 Å². The maximum absolute atomic E-state index is 12.2. The lowest BCUT2D eigenvalue weighted by Crippen LogP contribution is -2.52. The van der Waals surface area contributed by atoms with E-state index < -0.39 is 29.7 Å². The van der Waals surface area contributed by atoms with E-state index in [1.165, 1.54) is 19.3 Å². The first-order chi connectivity index (χ1) is 11.6. The molecule has 0 aliphatic heterocycles. The molecule has 0 radical (unpaired) electrons. The Morgan fingerprint density at radius 3 is 2.28 bits per heavy atom. The summed E-state index contributed by atoms with van der Waals surface area (Å²) in [6, 6.07) is -0.634. The Labute approximate surface area is 152 Å². The van der Waals surface area contributed by atoms with Gasteiger partial charge in [-0.05, 0) is 39.0 Å². The molecule has 2 atom stereocenters. The monoisotopic (exact) mass is 356 g/mol.